The Labute approximate surface area is 204 Å². The summed E-state index contributed by atoms with van der Waals surface area (Å²) in [5, 5.41) is 5.28. The molecule has 0 aliphatic carbocycles. The van der Waals surface area contributed by atoms with Gasteiger partial charge in [0.05, 0.1) is 24.2 Å². The Morgan fingerprint density at radius 1 is 0.914 bits per heavy atom. The minimum atomic E-state index is -3.86. The van der Waals surface area contributed by atoms with Crippen molar-refractivity contribution in [3.8, 4) is 0 Å². The van der Waals surface area contributed by atoms with E-state index in [2.05, 4.69) is 29.2 Å². The highest BCUT2D eigenvalue weighted by Crippen LogP contribution is 2.30. The average molecular weight is 504 g/mol. The lowest BCUT2D eigenvalue weighted by Gasteiger charge is -2.18. The fourth-order valence-electron chi connectivity index (χ4n) is 4.09. The summed E-state index contributed by atoms with van der Waals surface area (Å²) in [6, 6.07) is 12.7. The van der Waals surface area contributed by atoms with Crippen LogP contribution in [-0.4, -0.2) is 58.0 Å². The smallest absolute Gasteiger partial charge is 0.412 e. The summed E-state index contributed by atoms with van der Waals surface area (Å²) in [5.74, 6) is 0.136. The highest BCUT2D eigenvalue weighted by Gasteiger charge is 2.50. The molecule has 2 heterocycles. The van der Waals surface area contributed by atoms with Crippen molar-refractivity contribution in [2.45, 2.75) is 55.9 Å². The molecule has 0 aromatic heterocycles. The SMILES string of the molecule is CC(=O)Nc1ccc(S(=O)(=O)N[C@H]2CO[C@H]3[C@@H]2OC[C@H]3OC(=O)Nc2ccc(C(C)C)cc2)cc1. The number of ether oxygens (including phenoxy) is 3. The van der Waals surface area contributed by atoms with Crippen LogP contribution in [0.5, 0.6) is 0 Å². The standard InChI is InChI=1S/C24H29N3O7S/c1-14(2)16-4-6-18(7-5-16)26-24(29)34-21-13-33-22-20(12-32-23(21)22)27-35(30,31)19-10-8-17(9-11-19)25-15(3)28/h4-11,14,20-23,27H,12-13H2,1-3H3,(H,25,28)(H,26,29)/t20-,21+,22+,23+/m0/s1. The first-order valence-electron chi connectivity index (χ1n) is 11.3. The molecule has 2 aliphatic heterocycles. The van der Waals surface area contributed by atoms with Crippen LogP contribution in [0.2, 0.25) is 0 Å². The molecular weight excluding hydrogens is 474 g/mol. The third-order valence-electron chi connectivity index (χ3n) is 5.88. The van der Waals surface area contributed by atoms with Gasteiger partial charge in [0.15, 0.2) is 6.10 Å². The third kappa shape index (κ3) is 5.99. The fraction of sp³-hybridized carbons (Fsp3) is 0.417. The van der Waals surface area contributed by atoms with Crippen LogP contribution >= 0.6 is 0 Å². The van der Waals surface area contributed by atoms with E-state index in [1.54, 1.807) is 0 Å². The van der Waals surface area contributed by atoms with Crippen molar-refractivity contribution in [2.24, 2.45) is 0 Å². The van der Waals surface area contributed by atoms with E-state index in [0.717, 1.165) is 5.56 Å². The maximum absolute atomic E-state index is 12.8. The van der Waals surface area contributed by atoms with Crippen LogP contribution in [0.4, 0.5) is 16.2 Å². The predicted octanol–water partition coefficient (Wildman–Crippen LogP) is 2.83. The topological polar surface area (TPSA) is 132 Å². The second-order valence-corrected chi connectivity index (χ2v) is 10.6. The highest BCUT2D eigenvalue weighted by molar-refractivity contribution is 7.89. The second-order valence-electron chi connectivity index (χ2n) is 8.87. The molecule has 2 saturated heterocycles. The van der Waals surface area contributed by atoms with Gasteiger partial charge in [-0.15, -0.1) is 0 Å². The van der Waals surface area contributed by atoms with E-state index in [1.807, 2.05) is 24.3 Å². The first kappa shape index (κ1) is 25.1. The minimum absolute atomic E-state index is 0.0451. The van der Waals surface area contributed by atoms with E-state index in [1.165, 1.54) is 31.2 Å². The van der Waals surface area contributed by atoms with E-state index in [0.29, 0.717) is 17.3 Å². The fourth-order valence-corrected chi connectivity index (χ4v) is 5.32. The molecule has 35 heavy (non-hydrogen) atoms. The van der Waals surface area contributed by atoms with Gasteiger partial charge < -0.3 is 19.5 Å². The summed E-state index contributed by atoms with van der Waals surface area (Å²) < 4.78 is 45.3. The molecule has 2 amide bonds. The Morgan fingerprint density at radius 3 is 2.14 bits per heavy atom. The molecule has 2 fully saturated rings. The largest absolute Gasteiger partial charge is 0.441 e. The van der Waals surface area contributed by atoms with Crippen LogP contribution in [0.15, 0.2) is 53.4 Å². The van der Waals surface area contributed by atoms with Gasteiger partial charge in [-0.05, 0) is 47.9 Å². The number of anilines is 2. The molecule has 0 radical (unpaired) electrons. The molecule has 2 aromatic carbocycles. The van der Waals surface area contributed by atoms with Gasteiger partial charge in [-0.1, -0.05) is 26.0 Å². The Balaban J connectivity index is 1.32. The van der Waals surface area contributed by atoms with Gasteiger partial charge in [0.25, 0.3) is 0 Å². The number of sulfonamides is 1. The summed E-state index contributed by atoms with van der Waals surface area (Å²) >= 11 is 0. The van der Waals surface area contributed by atoms with E-state index >= 15 is 0 Å². The molecule has 4 rings (SSSR count). The number of carbonyl (C=O) groups is 2. The molecule has 0 bridgehead atoms. The van der Waals surface area contributed by atoms with Gasteiger partial charge in [0.2, 0.25) is 15.9 Å². The number of amides is 2. The molecule has 2 aromatic rings. The van der Waals surface area contributed by atoms with E-state index in [4.69, 9.17) is 14.2 Å². The first-order chi connectivity index (χ1) is 16.6. The van der Waals surface area contributed by atoms with Gasteiger partial charge in [-0.3, -0.25) is 10.1 Å². The molecule has 2 aliphatic rings. The highest BCUT2D eigenvalue weighted by atomic mass is 32.2. The summed E-state index contributed by atoms with van der Waals surface area (Å²) in [5.41, 5.74) is 2.26. The first-order valence-corrected chi connectivity index (χ1v) is 12.8. The van der Waals surface area contributed by atoms with Crippen LogP contribution in [0.25, 0.3) is 0 Å². The van der Waals surface area contributed by atoms with Gasteiger partial charge in [0.1, 0.15) is 12.2 Å². The summed E-state index contributed by atoms with van der Waals surface area (Å²) in [4.78, 5) is 23.6. The summed E-state index contributed by atoms with van der Waals surface area (Å²) in [6.45, 7) is 5.72. The maximum atomic E-state index is 12.8. The molecular formula is C24H29N3O7S. The quantitative estimate of drug-likeness (QED) is 0.529. The molecule has 10 nitrogen and oxygen atoms in total. The third-order valence-corrected chi connectivity index (χ3v) is 7.39. The molecule has 188 valence electrons. The molecule has 3 N–H and O–H groups in total. The number of hydrogen-bond acceptors (Lipinski definition) is 7. The molecule has 11 heteroatoms. The number of benzene rings is 2. The number of hydrogen-bond donors (Lipinski definition) is 3. The van der Waals surface area contributed by atoms with Crippen LogP contribution in [-0.2, 0) is 29.0 Å². The van der Waals surface area contributed by atoms with E-state index < -0.39 is 40.5 Å². The molecule has 0 spiro atoms. The zero-order valence-corrected chi connectivity index (χ0v) is 20.5. The van der Waals surface area contributed by atoms with Crippen LogP contribution < -0.4 is 15.4 Å². The van der Waals surface area contributed by atoms with Crippen LogP contribution in [0.1, 0.15) is 32.3 Å². The monoisotopic (exact) mass is 503 g/mol. The van der Waals surface area contributed by atoms with E-state index in [-0.39, 0.29) is 24.0 Å². The van der Waals surface area contributed by atoms with Gasteiger partial charge in [0, 0.05) is 18.3 Å². The van der Waals surface area contributed by atoms with Crippen molar-refractivity contribution in [3.63, 3.8) is 0 Å². The van der Waals surface area contributed by atoms with E-state index in [9.17, 15) is 18.0 Å². The van der Waals surface area contributed by atoms with Crippen molar-refractivity contribution in [3.05, 3.63) is 54.1 Å². The molecule has 0 saturated carbocycles. The Kier molecular flexibility index (Phi) is 7.41. The number of rotatable bonds is 7. The van der Waals surface area contributed by atoms with Crippen molar-refractivity contribution >= 4 is 33.4 Å². The minimum Gasteiger partial charge on any atom is -0.441 e. The van der Waals surface area contributed by atoms with Gasteiger partial charge >= 0.3 is 6.09 Å². The summed E-state index contributed by atoms with van der Waals surface area (Å²) in [6.07, 6.45) is -2.48. The van der Waals surface area contributed by atoms with Crippen molar-refractivity contribution in [2.75, 3.05) is 23.8 Å². The van der Waals surface area contributed by atoms with Crippen molar-refractivity contribution < 1.29 is 32.2 Å². The lowest BCUT2D eigenvalue weighted by atomic mass is 10.0. The number of fused-ring (bicyclic) bond motifs is 1. The maximum Gasteiger partial charge on any atom is 0.412 e. The number of carbonyl (C=O) groups excluding carboxylic acids is 2. The number of nitrogens with one attached hydrogen (secondary N) is 3. The lowest BCUT2D eigenvalue weighted by Crippen LogP contribution is -2.44. The Morgan fingerprint density at radius 2 is 1.51 bits per heavy atom. The molecule has 0 unspecified atom stereocenters. The Hall–Kier alpha value is -2.99. The van der Waals surface area contributed by atoms with Crippen LogP contribution in [0.3, 0.4) is 0 Å². The zero-order chi connectivity index (χ0) is 25.2. The predicted molar refractivity (Wildman–Crippen MR) is 129 cm³/mol. The summed E-state index contributed by atoms with van der Waals surface area (Å²) in [7, 11) is -3.86. The second kappa shape index (κ2) is 10.3. The molecule has 4 atom stereocenters. The van der Waals surface area contributed by atoms with Crippen molar-refractivity contribution in [1.82, 2.24) is 4.72 Å². The zero-order valence-electron chi connectivity index (χ0n) is 19.7. The van der Waals surface area contributed by atoms with Gasteiger partial charge in [-0.2, -0.15) is 0 Å². The average Bonchev–Trinajstić information content (AvgIpc) is 3.37. The normalized spacial score (nSPS) is 23.7. The van der Waals surface area contributed by atoms with Crippen molar-refractivity contribution in [1.29, 1.82) is 0 Å². The Bertz CT molecular complexity index is 1170. The van der Waals surface area contributed by atoms with Crippen LogP contribution in [0, 0.1) is 0 Å². The lowest BCUT2D eigenvalue weighted by molar-refractivity contribution is -0.114. The van der Waals surface area contributed by atoms with Gasteiger partial charge in [-0.25, -0.2) is 17.9 Å².